The van der Waals surface area contributed by atoms with Gasteiger partial charge in [0.25, 0.3) is 0 Å². The minimum atomic E-state index is -0.0639. The van der Waals surface area contributed by atoms with Crippen molar-refractivity contribution in [3.63, 3.8) is 0 Å². The summed E-state index contributed by atoms with van der Waals surface area (Å²) in [5.74, 6) is 1.34. The van der Waals surface area contributed by atoms with E-state index in [4.69, 9.17) is 21.6 Å². The number of rotatable bonds is 9. The van der Waals surface area contributed by atoms with E-state index < -0.39 is 0 Å². The quantitative estimate of drug-likeness (QED) is 0.521. The Kier molecular flexibility index (Phi) is 7.24. The summed E-state index contributed by atoms with van der Waals surface area (Å²) in [6, 6.07) is 9.32. The first kappa shape index (κ1) is 21.9. The molecule has 1 aromatic carbocycles. The second kappa shape index (κ2) is 10.3. The topological polar surface area (TPSA) is 121 Å². The lowest BCUT2D eigenvalue weighted by Crippen LogP contribution is -2.26. The van der Waals surface area contributed by atoms with E-state index in [1.807, 2.05) is 24.3 Å². The zero-order valence-electron chi connectivity index (χ0n) is 17.0. The number of hydrogen-bond acceptors (Lipinski definition) is 8. The van der Waals surface area contributed by atoms with Crippen molar-refractivity contribution >= 4 is 35.0 Å². The fraction of sp³-hybridized carbons (Fsp3) is 0.250. The van der Waals surface area contributed by atoms with Gasteiger partial charge >= 0.3 is 0 Å². The Hall–Kier alpha value is -3.84. The lowest BCUT2D eigenvalue weighted by atomic mass is 10.2. The van der Waals surface area contributed by atoms with E-state index in [1.54, 1.807) is 32.6 Å². The predicted octanol–water partition coefficient (Wildman–Crippen LogP) is 2.67. The molecule has 2 aromatic heterocycles. The van der Waals surface area contributed by atoms with Crippen LogP contribution in [0.4, 0.5) is 17.5 Å². The third-order valence-electron chi connectivity index (χ3n) is 4.09. The smallest absolute Gasteiger partial charge is 0.243 e. The van der Waals surface area contributed by atoms with E-state index in [9.17, 15) is 4.79 Å². The van der Waals surface area contributed by atoms with Gasteiger partial charge < -0.3 is 20.3 Å². The van der Waals surface area contributed by atoms with Gasteiger partial charge in [0.15, 0.2) is 12.4 Å². The third kappa shape index (κ3) is 6.32. The van der Waals surface area contributed by atoms with Crippen LogP contribution in [0, 0.1) is 11.3 Å². The molecule has 0 aliphatic carbocycles. The molecule has 3 rings (SSSR count). The average molecular weight is 441 g/mol. The first-order valence-electron chi connectivity index (χ1n) is 9.29. The van der Waals surface area contributed by atoms with Gasteiger partial charge in [-0.3, -0.25) is 9.48 Å². The van der Waals surface area contributed by atoms with Gasteiger partial charge in [-0.05, 0) is 17.7 Å². The van der Waals surface area contributed by atoms with Crippen LogP contribution in [0.15, 0.2) is 42.9 Å². The van der Waals surface area contributed by atoms with Crippen LogP contribution >= 0.6 is 11.6 Å². The Labute approximate surface area is 184 Å². The van der Waals surface area contributed by atoms with E-state index in [0.717, 1.165) is 5.56 Å². The van der Waals surface area contributed by atoms with Crippen LogP contribution in [-0.4, -0.2) is 51.3 Å². The number of halogens is 1. The number of nitrogens with zero attached hydrogens (tertiary/aromatic N) is 6. The molecule has 0 spiro atoms. The van der Waals surface area contributed by atoms with E-state index in [2.05, 4.69) is 25.7 Å². The molecule has 160 valence electrons. The molecule has 31 heavy (non-hydrogen) atoms. The standard InChI is InChI=1S/C20H21ClN8O2/c1-28(2)18(30)13-29-12-15(10-25-29)26-20-24-11-17(21)19(27-20)23-9-14-4-3-5-16(8-14)31-7-6-22/h3-5,8,10-12H,7,9,13H2,1-2H3,(H2,23,24,26,27). The van der Waals surface area contributed by atoms with Crippen LogP contribution in [0.1, 0.15) is 5.56 Å². The molecular weight excluding hydrogens is 420 g/mol. The fourth-order valence-corrected chi connectivity index (χ4v) is 2.68. The van der Waals surface area contributed by atoms with Crippen molar-refractivity contribution in [2.75, 3.05) is 31.3 Å². The van der Waals surface area contributed by atoms with Gasteiger partial charge in [0.1, 0.15) is 23.4 Å². The number of likely N-dealkylation sites (N-methyl/N-ethyl adjacent to an activating group) is 1. The number of ether oxygens (including phenoxy) is 1. The lowest BCUT2D eigenvalue weighted by molar-refractivity contribution is -0.129. The summed E-state index contributed by atoms with van der Waals surface area (Å²) in [4.78, 5) is 21.9. The Bertz CT molecular complexity index is 1090. The Morgan fingerprint density at radius 3 is 2.97 bits per heavy atom. The van der Waals surface area contributed by atoms with Gasteiger partial charge in [0.05, 0.1) is 18.1 Å². The second-order valence-electron chi connectivity index (χ2n) is 6.68. The van der Waals surface area contributed by atoms with E-state index >= 15 is 0 Å². The summed E-state index contributed by atoms with van der Waals surface area (Å²) in [5.41, 5.74) is 1.58. The molecule has 0 unspecified atom stereocenters. The lowest BCUT2D eigenvalue weighted by Gasteiger charge is -2.10. The van der Waals surface area contributed by atoms with E-state index in [-0.39, 0.29) is 19.1 Å². The van der Waals surface area contributed by atoms with Crippen molar-refractivity contribution in [3.8, 4) is 11.8 Å². The van der Waals surface area contributed by atoms with Crippen molar-refractivity contribution in [2.45, 2.75) is 13.1 Å². The highest BCUT2D eigenvalue weighted by molar-refractivity contribution is 6.32. The molecule has 1 amide bonds. The number of hydrogen-bond donors (Lipinski definition) is 2. The first-order valence-corrected chi connectivity index (χ1v) is 9.67. The Balaban J connectivity index is 1.64. The number of anilines is 3. The molecule has 3 aromatic rings. The minimum absolute atomic E-state index is 0.0104. The third-order valence-corrected chi connectivity index (χ3v) is 4.37. The maximum atomic E-state index is 11.8. The molecule has 0 radical (unpaired) electrons. The maximum absolute atomic E-state index is 11.8. The largest absolute Gasteiger partial charge is 0.479 e. The zero-order valence-corrected chi connectivity index (χ0v) is 17.8. The molecule has 11 heteroatoms. The van der Waals surface area contributed by atoms with Crippen LogP contribution in [0.5, 0.6) is 5.75 Å². The van der Waals surface area contributed by atoms with Crippen LogP contribution in [0.3, 0.4) is 0 Å². The number of amides is 1. The SMILES string of the molecule is CN(C)C(=O)Cn1cc(Nc2ncc(Cl)c(NCc3cccc(OCC#N)c3)n2)cn1. The van der Waals surface area contributed by atoms with Crippen molar-refractivity contribution in [1.82, 2.24) is 24.6 Å². The normalized spacial score (nSPS) is 10.3. The van der Waals surface area contributed by atoms with Gasteiger partial charge in [-0.15, -0.1) is 0 Å². The molecule has 0 bridgehead atoms. The van der Waals surface area contributed by atoms with Crippen molar-refractivity contribution in [3.05, 3.63) is 53.4 Å². The molecular formula is C20H21ClN8O2. The molecule has 0 aliphatic rings. The summed E-state index contributed by atoms with van der Waals surface area (Å²) in [6.45, 7) is 0.578. The number of benzene rings is 1. The van der Waals surface area contributed by atoms with Gasteiger partial charge in [-0.25, -0.2) is 4.98 Å². The van der Waals surface area contributed by atoms with Crippen molar-refractivity contribution in [1.29, 1.82) is 5.26 Å². The maximum Gasteiger partial charge on any atom is 0.243 e. The summed E-state index contributed by atoms with van der Waals surface area (Å²) < 4.78 is 6.84. The van der Waals surface area contributed by atoms with E-state index in [1.165, 1.54) is 15.8 Å². The summed E-state index contributed by atoms with van der Waals surface area (Å²) in [5, 5.41) is 19.4. The molecule has 0 aliphatic heterocycles. The van der Waals surface area contributed by atoms with Gasteiger partial charge in [-0.2, -0.15) is 15.3 Å². The van der Waals surface area contributed by atoms with E-state index in [0.29, 0.717) is 34.8 Å². The molecule has 0 atom stereocenters. The van der Waals surface area contributed by atoms with Gasteiger partial charge in [0, 0.05) is 26.8 Å². The van der Waals surface area contributed by atoms with Crippen LogP contribution in [0.2, 0.25) is 5.02 Å². The average Bonchev–Trinajstić information content (AvgIpc) is 3.19. The summed E-state index contributed by atoms with van der Waals surface area (Å²) >= 11 is 6.22. The summed E-state index contributed by atoms with van der Waals surface area (Å²) in [6.07, 6.45) is 4.77. The number of carbonyl (C=O) groups is 1. The number of carbonyl (C=O) groups excluding carboxylic acids is 1. The van der Waals surface area contributed by atoms with Crippen LogP contribution in [0.25, 0.3) is 0 Å². The van der Waals surface area contributed by atoms with Crippen molar-refractivity contribution < 1.29 is 9.53 Å². The fourth-order valence-electron chi connectivity index (χ4n) is 2.52. The van der Waals surface area contributed by atoms with Gasteiger partial charge in [0.2, 0.25) is 11.9 Å². The molecule has 0 fully saturated rings. The second-order valence-corrected chi connectivity index (χ2v) is 7.08. The molecule has 0 saturated heterocycles. The molecule has 2 N–H and O–H groups in total. The Morgan fingerprint density at radius 2 is 2.19 bits per heavy atom. The van der Waals surface area contributed by atoms with Crippen LogP contribution < -0.4 is 15.4 Å². The highest BCUT2D eigenvalue weighted by Crippen LogP contribution is 2.22. The molecule has 2 heterocycles. The number of nitrogens with one attached hydrogen (secondary N) is 2. The first-order chi connectivity index (χ1) is 14.9. The molecule has 10 nitrogen and oxygen atoms in total. The zero-order chi connectivity index (χ0) is 22.2. The number of aromatic nitrogens is 4. The minimum Gasteiger partial charge on any atom is -0.479 e. The highest BCUT2D eigenvalue weighted by Gasteiger charge is 2.09. The molecule has 0 saturated carbocycles. The van der Waals surface area contributed by atoms with Gasteiger partial charge in [-0.1, -0.05) is 23.7 Å². The van der Waals surface area contributed by atoms with Crippen molar-refractivity contribution in [2.24, 2.45) is 0 Å². The highest BCUT2D eigenvalue weighted by atomic mass is 35.5. The predicted molar refractivity (Wildman–Crippen MR) is 116 cm³/mol. The van der Waals surface area contributed by atoms with Crippen LogP contribution in [-0.2, 0) is 17.9 Å². The monoisotopic (exact) mass is 440 g/mol. The number of nitriles is 1. The summed E-state index contributed by atoms with van der Waals surface area (Å²) in [7, 11) is 3.38. The Morgan fingerprint density at radius 1 is 1.35 bits per heavy atom.